The molecule has 0 aliphatic carbocycles. The van der Waals surface area contributed by atoms with Crippen molar-refractivity contribution in [3.05, 3.63) is 0 Å². The molecule has 0 radical (unpaired) electrons. The monoisotopic (exact) mass is 702 g/mol. The quantitative estimate of drug-likeness (QED) is 0.0590. The Morgan fingerprint density at radius 3 is 1.51 bits per heavy atom. The zero-order valence-electron chi connectivity index (χ0n) is 34.7. The van der Waals surface area contributed by atoms with Crippen molar-refractivity contribution in [2.75, 3.05) is 112 Å². The Hall–Kier alpha value is -0.360. The third-order valence-electron chi connectivity index (χ3n) is 11.9. The molecule has 1 heterocycles. The first kappa shape index (κ1) is 46.7. The Morgan fingerprint density at radius 2 is 1.06 bits per heavy atom. The van der Waals surface area contributed by atoms with Crippen LogP contribution in [0, 0.1) is 11.8 Å². The van der Waals surface area contributed by atoms with E-state index in [0.717, 1.165) is 122 Å². The first-order valence-corrected chi connectivity index (χ1v) is 20.9. The Kier molecular flexibility index (Phi) is 26.0. The summed E-state index contributed by atoms with van der Waals surface area (Å²) in [5, 5.41) is 0. The molecule has 0 spiro atoms. The molecule has 0 saturated carbocycles. The van der Waals surface area contributed by atoms with Crippen LogP contribution in [0.5, 0.6) is 0 Å². The van der Waals surface area contributed by atoms with Gasteiger partial charge >= 0.3 is 0 Å². The molecular formula is C40H85N4O5+. The van der Waals surface area contributed by atoms with Crippen molar-refractivity contribution < 1.29 is 28.2 Å². The van der Waals surface area contributed by atoms with E-state index in [1.165, 1.54) is 0 Å². The van der Waals surface area contributed by atoms with Crippen molar-refractivity contribution >= 4 is 0 Å². The number of hydrogen-bond acceptors (Lipinski definition) is 8. The van der Waals surface area contributed by atoms with Crippen LogP contribution in [0.2, 0.25) is 0 Å². The summed E-state index contributed by atoms with van der Waals surface area (Å²) >= 11 is 0. The molecule has 5 atom stereocenters. The summed E-state index contributed by atoms with van der Waals surface area (Å²) in [5.74, 6) is 0.594. The molecule has 294 valence electrons. The first-order chi connectivity index (χ1) is 23.7. The van der Waals surface area contributed by atoms with E-state index in [2.05, 4.69) is 97.8 Å². The van der Waals surface area contributed by atoms with Crippen molar-refractivity contribution in [3.63, 3.8) is 0 Å². The van der Waals surface area contributed by atoms with Gasteiger partial charge in [0, 0.05) is 25.6 Å². The summed E-state index contributed by atoms with van der Waals surface area (Å²) in [6.45, 7) is 43.3. The highest BCUT2D eigenvalue weighted by Crippen LogP contribution is 2.39. The number of nitrogens with zero attached hydrogens (tertiary/aromatic N) is 4. The fraction of sp³-hybridized carbons (Fsp3) is 1.00. The molecule has 9 nitrogen and oxygen atoms in total. The molecule has 5 unspecified atom stereocenters. The standard InChI is InChI=1S/C40H85N4O5/c1-13-34(14-2)37-36(33-45-32-29-44(23-11,24-12)28-25-41(17-5)18-6)49-40(48-35(15-3)16-4)39(47-31-27-43(21-9)22-10)38(37)46-30-26-42(19-7)20-8/h34-40H,13-33H2,1-12H3/q+1. The molecule has 0 N–H and O–H groups in total. The molecule has 1 fully saturated rings. The molecule has 0 amide bonds. The van der Waals surface area contributed by atoms with E-state index < -0.39 is 6.29 Å². The van der Waals surface area contributed by atoms with E-state index in [9.17, 15) is 0 Å². The molecule has 1 saturated heterocycles. The summed E-state index contributed by atoms with van der Waals surface area (Å²) in [5.41, 5.74) is 0. The Morgan fingerprint density at radius 1 is 0.571 bits per heavy atom. The SMILES string of the molecule is CCC(CC)OC1OC(COCC[N+](CC)(CC)CCN(CC)CC)C(C(CC)CC)C(OCCN(CC)CC)C1OCCN(CC)CC. The number of rotatable bonds is 31. The average molecular weight is 702 g/mol. The summed E-state index contributed by atoms with van der Waals surface area (Å²) in [4.78, 5) is 7.39. The van der Waals surface area contributed by atoms with Crippen LogP contribution in [-0.2, 0) is 23.7 Å². The lowest BCUT2D eigenvalue weighted by atomic mass is 9.76. The van der Waals surface area contributed by atoms with Crippen LogP contribution in [0.3, 0.4) is 0 Å². The minimum absolute atomic E-state index is 0.110. The fourth-order valence-corrected chi connectivity index (χ4v) is 7.68. The van der Waals surface area contributed by atoms with Gasteiger partial charge in [0.2, 0.25) is 0 Å². The summed E-state index contributed by atoms with van der Waals surface area (Å²) < 4.78 is 35.4. The van der Waals surface area contributed by atoms with Crippen LogP contribution >= 0.6 is 0 Å². The Bertz CT molecular complexity index is 755. The minimum Gasteiger partial charge on any atom is -0.374 e. The lowest BCUT2D eigenvalue weighted by Gasteiger charge is -2.49. The maximum absolute atomic E-state index is 7.05. The van der Waals surface area contributed by atoms with Gasteiger partial charge in [-0.25, -0.2) is 0 Å². The van der Waals surface area contributed by atoms with Crippen LogP contribution in [-0.4, -0.2) is 161 Å². The lowest BCUT2D eigenvalue weighted by molar-refractivity contribution is -0.924. The molecule has 1 aliphatic heterocycles. The number of likely N-dealkylation sites (N-methyl/N-ethyl adjacent to an activating group) is 4. The van der Waals surface area contributed by atoms with Crippen molar-refractivity contribution in [1.82, 2.24) is 14.7 Å². The molecule has 9 heteroatoms. The van der Waals surface area contributed by atoms with E-state index in [1.807, 2.05) is 0 Å². The molecule has 0 aromatic carbocycles. The van der Waals surface area contributed by atoms with E-state index in [0.29, 0.717) is 25.7 Å². The van der Waals surface area contributed by atoms with E-state index in [4.69, 9.17) is 23.7 Å². The smallest absolute Gasteiger partial charge is 0.187 e. The second-order valence-electron chi connectivity index (χ2n) is 14.0. The van der Waals surface area contributed by atoms with Gasteiger partial charge in [0.15, 0.2) is 6.29 Å². The number of quaternary nitrogens is 1. The molecular weight excluding hydrogens is 616 g/mol. The molecule has 0 bridgehead atoms. The summed E-state index contributed by atoms with van der Waals surface area (Å²) in [6.07, 6.45) is 3.09. The van der Waals surface area contributed by atoms with Crippen LogP contribution in [0.15, 0.2) is 0 Å². The highest BCUT2D eigenvalue weighted by atomic mass is 16.7. The van der Waals surface area contributed by atoms with E-state index in [1.54, 1.807) is 0 Å². The predicted octanol–water partition coefficient (Wildman–Crippen LogP) is 6.64. The maximum Gasteiger partial charge on any atom is 0.187 e. The third-order valence-corrected chi connectivity index (χ3v) is 11.9. The van der Waals surface area contributed by atoms with Crippen molar-refractivity contribution in [2.45, 2.75) is 139 Å². The van der Waals surface area contributed by atoms with Gasteiger partial charge in [-0.3, -0.25) is 4.90 Å². The fourth-order valence-electron chi connectivity index (χ4n) is 7.68. The molecule has 0 aromatic heterocycles. The Labute approximate surface area is 305 Å². The van der Waals surface area contributed by atoms with Gasteiger partial charge in [-0.1, -0.05) is 82.1 Å². The van der Waals surface area contributed by atoms with Gasteiger partial charge in [-0.15, -0.1) is 0 Å². The van der Waals surface area contributed by atoms with Gasteiger partial charge in [0.05, 0.1) is 64.4 Å². The van der Waals surface area contributed by atoms with Crippen molar-refractivity contribution in [1.29, 1.82) is 0 Å². The van der Waals surface area contributed by atoms with Gasteiger partial charge < -0.3 is 38.0 Å². The van der Waals surface area contributed by atoms with Crippen LogP contribution in [0.4, 0.5) is 0 Å². The molecule has 49 heavy (non-hydrogen) atoms. The second-order valence-corrected chi connectivity index (χ2v) is 14.0. The summed E-state index contributed by atoms with van der Waals surface area (Å²) in [7, 11) is 0. The van der Waals surface area contributed by atoms with Crippen molar-refractivity contribution in [3.8, 4) is 0 Å². The normalized spacial score (nSPS) is 22.1. The number of hydrogen-bond donors (Lipinski definition) is 0. The largest absolute Gasteiger partial charge is 0.374 e. The molecule has 1 aliphatic rings. The first-order valence-electron chi connectivity index (χ1n) is 20.9. The average Bonchev–Trinajstić information content (AvgIpc) is 3.14. The van der Waals surface area contributed by atoms with Gasteiger partial charge in [-0.05, 0) is 71.9 Å². The zero-order valence-corrected chi connectivity index (χ0v) is 34.7. The van der Waals surface area contributed by atoms with Crippen LogP contribution in [0.1, 0.15) is 109 Å². The zero-order chi connectivity index (χ0) is 36.7. The summed E-state index contributed by atoms with van der Waals surface area (Å²) in [6, 6.07) is 0. The van der Waals surface area contributed by atoms with Crippen LogP contribution in [0.25, 0.3) is 0 Å². The Balaban J connectivity index is 3.38. The predicted molar refractivity (Wildman–Crippen MR) is 206 cm³/mol. The minimum atomic E-state index is -0.491. The third kappa shape index (κ3) is 15.6. The van der Waals surface area contributed by atoms with E-state index >= 15 is 0 Å². The topological polar surface area (TPSA) is 55.9 Å². The van der Waals surface area contributed by atoms with Gasteiger partial charge in [0.1, 0.15) is 12.6 Å². The molecule has 0 aromatic rings. The lowest BCUT2D eigenvalue weighted by Crippen LogP contribution is -2.61. The van der Waals surface area contributed by atoms with Crippen LogP contribution < -0.4 is 0 Å². The maximum atomic E-state index is 7.05. The second kappa shape index (κ2) is 27.3. The van der Waals surface area contributed by atoms with E-state index in [-0.39, 0.29) is 30.3 Å². The van der Waals surface area contributed by atoms with Crippen molar-refractivity contribution in [2.24, 2.45) is 11.8 Å². The number of ether oxygens (including phenoxy) is 5. The van der Waals surface area contributed by atoms with Gasteiger partial charge in [-0.2, -0.15) is 0 Å². The highest BCUT2D eigenvalue weighted by molar-refractivity contribution is 4.95. The van der Waals surface area contributed by atoms with Gasteiger partial charge in [0.25, 0.3) is 0 Å². The molecule has 1 rings (SSSR count). The highest BCUT2D eigenvalue weighted by Gasteiger charge is 2.50.